The number of amides is 4. The summed E-state index contributed by atoms with van der Waals surface area (Å²) in [7, 11) is -4.17. The van der Waals surface area contributed by atoms with Crippen LogP contribution in [-0.2, 0) is 24.4 Å². The lowest BCUT2D eigenvalue weighted by molar-refractivity contribution is -0.219. The number of rotatable bonds is 9. The zero-order valence-electron chi connectivity index (χ0n) is 34.8. The molecule has 2 aromatic rings. The Morgan fingerprint density at radius 1 is 1.12 bits per heavy atom. The van der Waals surface area contributed by atoms with Crippen molar-refractivity contribution in [3.05, 3.63) is 36.5 Å². The first-order valence-corrected chi connectivity index (χ1v) is 22.4. The Kier molecular flexibility index (Phi) is 11.3. The molecule has 3 N–H and O–H groups in total. The summed E-state index contributed by atoms with van der Waals surface area (Å²) in [6, 6.07) is -3.92. The van der Waals surface area contributed by atoms with E-state index in [1.54, 1.807) is 45.0 Å². The second kappa shape index (κ2) is 15.6. The van der Waals surface area contributed by atoms with Gasteiger partial charge in [0.05, 0.1) is 4.75 Å². The maximum absolute atomic E-state index is 17.8. The number of alkyl halides is 2. The summed E-state index contributed by atoms with van der Waals surface area (Å²) in [6.45, 7) is 10.2. The molecule has 1 saturated heterocycles. The molecule has 1 aromatic heterocycles. The van der Waals surface area contributed by atoms with Crippen LogP contribution in [0.1, 0.15) is 99.3 Å². The number of sulfonamides is 1. The van der Waals surface area contributed by atoms with Crippen LogP contribution in [0.2, 0.25) is 0 Å². The maximum Gasteiger partial charge on any atom is 0.408 e. The predicted octanol–water partition coefficient (Wildman–Crippen LogP) is 5.76. The highest BCUT2D eigenvalue weighted by molar-refractivity contribution is 7.91. The van der Waals surface area contributed by atoms with E-state index in [-0.39, 0.29) is 42.6 Å². The van der Waals surface area contributed by atoms with Gasteiger partial charge in [0.1, 0.15) is 30.8 Å². The highest BCUT2D eigenvalue weighted by atomic mass is 32.2. The van der Waals surface area contributed by atoms with Crippen LogP contribution in [0.5, 0.6) is 17.4 Å². The van der Waals surface area contributed by atoms with Crippen LogP contribution >= 0.6 is 0 Å². The maximum atomic E-state index is 17.8. The fraction of sp³-hybridized carbons (Fsp3) is 0.643. The van der Waals surface area contributed by atoms with Gasteiger partial charge in [-0.2, -0.15) is 8.78 Å². The fourth-order valence-electron chi connectivity index (χ4n) is 9.00. The minimum atomic E-state index is -4.29. The van der Waals surface area contributed by atoms with Gasteiger partial charge in [-0.25, -0.2) is 18.2 Å². The van der Waals surface area contributed by atoms with E-state index in [2.05, 4.69) is 15.0 Å². The van der Waals surface area contributed by atoms with Crippen molar-refractivity contribution >= 4 is 44.6 Å². The summed E-state index contributed by atoms with van der Waals surface area (Å²) >= 11 is 0. The molecule has 3 aliphatic heterocycles. The minimum Gasteiger partial charge on any atom is -0.486 e. The van der Waals surface area contributed by atoms with Crippen LogP contribution < -0.4 is 24.2 Å². The molecule has 0 bridgehead atoms. The Morgan fingerprint density at radius 3 is 2.50 bits per heavy atom. The summed E-state index contributed by atoms with van der Waals surface area (Å²) in [6.07, 6.45) is 5.22. The molecule has 15 nitrogen and oxygen atoms in total. The van der Waals surface area contributed by atoms with E-state index < -0.39 is 92.2 Å². The number of hydrogen-bond donors (Lipinski definition) is 3. The first kappa shape index (κ1) is 43.4. The van der Waals surface area contributed by atoms with Crippen LogP contribution in [0.25, 0.3) is 10.8 Å². The quantitative estimate of drug-likeness (QED) is 0.205. The van der Waals surface area contributed by atoms with Crippen molar-refractivity contribution in [2.75, 3.05) is 13.2 Å². The lowest BCUT2D eigenvalue weighted by Gasteiger charge is -2.43. The van der Waals surface area contributed by atoms with Gasteiger partial charge in [-0.3, -0.25) is 28.9 Å². The highest BCUT2D eigenvalue weighted by Gasteiger charge is 2.71. The standard InChI is InChI=1S/C42H55F2N5O10S/c1-7-25(4)48(38(53)54)32-26(8-2)21-24(3)11-9-10-12-27-22-41(27,37(52)47-60(55,56)39(5)16-17-39)46-34(50)30-23-40(6,42(43,44)49(30)36(32)51)59-35-29-13-14-31-33(58-20-19-57-31)28(29)15-18-45-35/h10,12-15,18,24-27,30,32H,7-9,11,16-17,19-23H2,1-6H3,(H,46,50)(H,47,52)(H,53,54)/b12-10-/t24-,25?,26-,27-,30+,32+,40-,41-/m1/s1. The number of aromatic nitrogens is 1. The normalized spacial score (nSPS) is 31.9. The molecule has 4 amide bonds. The summed E-state index contributed by atoms with van der Waals surface area (Å²) in [5.74, 6) is -4.39. The highest BCUT2D eigenvalue weighted by Crippen LogP contribution is 2.52. The third kappa shape index (κ3) is 7.39. The van der Waals surface area contributed by atoms with E-state index in [9.17, 15) is 27.9 Å². The number of allylic oxidation sites excluding steroid dienone is 1. The number of nitrogens with zero attached hydrogens (tertiary/aromatic N) is 3. The third-order valence-corrected chi connectivity index (χ3v) is 15.6. The molecule has 60 heavy (non-hydrogen) atoms. The molecule has 2 saturated carbocycles. The van der Waals surface area contributed by atoms with E-state index >= 15 is 13.6 Å². The van der Waals surface area contributed by atoms with Crippen molar-refractivity contribution in [1.82, 2.24) is 24.8 Å². The van der Waals surface area contributed by atoms with E-state index in [0.717, 1.165) is 11.8 Å². The summed E-state index contributed by atoms with van der Waals surface area (Å²) in [5, 5.41) is 14.1. The molecule has 2 aliphatic carbocycles. The Morgan fingerprint density at radius 2 is 1.83 bits per heavy atom. The molecule has 7 rings (SSSR count). The monoisotopic (exact) mass is 859 g/mol. The Balaban J connectivity index is 1.35. The van der Waals surface area contributed by atoms with E-state index in [1.165, 1.54) is 13.1 Å². The average Bonchev–Trinajstić information content (AvgIpc) is 4.11. The molecular formula is C42H55F2N5O10S. The fourth-order valence-corrected chi connectivity index (χ4v) is 10.3. The average molecular weight is 860 g/mol. The number of carbonyl (C=O) groups excluding carboxylic acids is 3. The number of ether oxygens (including phenoxy) is 3. The van der Waals surface area contributed by atoms with Crippen LogP contribution in [0.15, 0.2) is 36.5 Å². The molecule has 18 heteroatoms. The van der Waals surface area contributed by atoms with Gasteiger partial charge < -0.3 is 24.6 Å². The van der Waals surface area contributed by atoms with Crippen LogP contribution in [-0.4, -0.2) is 105 Å². The molecule has 1 unspecified atom stereocenters. The first-order chi connectivity index (χ1) is 28.2. The van der Waals surface area contributed by atoms with Gasteiger partial charge in [0.25, 0.3) is 11.8 Å². The number of fused-ring (bicyclic) bond motifs is 5. The summed E-state index contributed by atoms with van der Waals surface area (Å²) < 4.78 is 80.9. The van der Waals surface area contributed by atoms with Crippen molar-refractivity contribution in [1.29, 1.82) is 0 Å². The van der Waals surface area contributed by atoms with Gasteiger partial charge in [-0.05, 0) is 95.8 Å². The molecule has 0 spiro atoms. The molecule has 328 valence electrons. The number of benzene rings is 1. The largest absolute Gasteiger partial charge is 0.486 e. The lowest BCUT2D eigenvalue weighted by atomic mass is 9.83. The number of halogens is 2. The van der Waals surface area contributed by atoms with E-state index in [4.69, 9.17) is 14.2 Å². The minimum absolute atomic E-state index is 0.0228. The number of hydrogen-bond acceptors (Lipinski definition) is 10. The van der Waals surface area contributed by atoms with Gasteiger partial charge in [0.2, 0.25) is 21.8 Å². The van der Waals surface area contributed by atoms with Gasteiger partial charge in [0.15, 0.2) is 17.1 Å². The SMILES string of the molecule is CCC(C)N(C(=O)O)[C@@H]1C(=O)N2[C@@H](C[C@@](C)(Oc3nccc4c5c(ccc34)OCCO5)C2(F)F)C(=O)N[C@]2(C(=O)NS(=O)(=O)C3(C)CC3)C[C@H]2/C=C\CC[C@@H](C)C[C@H]1CC. The van der Waals surface area contributed by atoms with E-state index in [1.807, 2.05) is 13.0 Å². The van der Waals surface area contributed by atoms with Gasteiger partial charge in [0, 0.05) is 35.3 Å². The van der Waals surface area contributed by atoms with Crippen LogP contribution in [0.4, 0.5) is 13.6 Å². The van der Waals surface area contributed by atoms with Crippen LogP contribution in [0.3, 0.4) is 0 Å². The van der Waals surface area contributed by atoms with Gasteiger partial charge in [-0.1, -0.05) is 39.3 Å². The summed E-state index contributed by atoms with van der Waals surface area (Å²) in [5.41, 5.74) is -4.49. The molecule has 3 fully saturated rings. The Hall–Kier alpha value is -4.74. The zero-order chi connectivity index (χ0) is 43.6. The van der Waals surface area contributed by atoms with Gasteiger partial charge >= 0.3 is 12.1 Å². The number of carboxylic acid groups (broad SMARTS) is 1. The predicted molar refractivity (Wildman–Crippen MR) is 215 cm³/mol. The smallest absolute Gasteiger partial charge is 0.408 e. The molecule has 8 atom stereocenters. The van der Waals surface area contributed by atoms with Gasteiger partial charge in [-0.15, -0.1) is 0 Å². The second-order valence-corrected chi connectivity index (χ2v) is 19.9. The topological polar surface area (TPSA) is 194 Å². The number of carbonyl (C=O) groups is 4. The molecule has 0 radical (unpaired) electrons. The second-order valence-electron chi connectivity index (χ2n) is 17.7. The molecule has 1 aromatic carbocycles. The Labute approximate surface area is 348 Å². The van der Waals surface area contributed by atoms with Crippen molar-refractivity contribution in [2.24, 2.45) is 17.8 Å². The zero-order valence-corrected chi connectivity index (χ0v) is 35.7. The first-order valence-electron chi connectivity index (χ1n) is 20.9. The third-order valence-electron chi connectivity index (χ3n) is 13.4. The van der Waals surface area contributed by atoms with E-state index in [0.29, 0.717) is 61.0 Å². The van der Waals surface area contributed by atoms with Crippen molar-refractivity contribution in [2.45, 2.75) is 139 Å². The number of nitrogens with one attached hydrogen (secondary N) is 2. The molecule has 5 aliphatic rings. The lowest BCUT2D eigenvalue weighted by Crippen LogP contribution is -2.65. The Bertz CT molecular complexity index is 2200. The summed E-state index contributed by atoms with van der Waals surface area (Å²) in [4.78, 5) is 62.6. The van der Waals surface area contributed by atoms with Crippen LogP contribution in [0, 0.1) is 17.8 Å². The molecule has 4 heterocycles. The molecular weight excluding hydrogens is 805 g/mol. The van der Waals surface area contributed by atoms with Crippen molar-refractivity contribution in [3.8, 4) is 17.4 Å². The number of pyridine rings is 1. The van der Waals surface area contributed by atoms with Crippen molar-refractivity contribution in [3.63, 3.8) is 0 Å². The van der Waals surface area contributed by atoms with Crippen molar-refractivity contribution < 1.29 is 55.7 Å².